The van der Waals surface area contributed by atoms with Gasteiger partial charge in [0, 0.05) is 37.9 Å². The lowest BCUT2D eigenvalue weighted by Gasteiger charge is -2.47. The van der Waals surface area contributed by atoms with Crippen LogP contribution in [0.15, 0.2) is 36.5 Å². The van der Waals surface area contributed by atoms with Crippen LogP contribution in [0.2, 0.25) is 0 Å². The van der Waals surface area contributed by atoms with E-state index in [1.807, 2.05) is 40.1 Å². The van der Waals surface area contributed by atoms with Gasteiger partial charge in [-0.15, -0.1) is 0 Å². The molecule has 2 saturated heterocycles. The summed E-state index contributed by atoms with van der Waals surface area (Å²) < 4.78 is 0. The SMILES string of the molecule is CCc1ccc(C(=O)N2CCC3(CCC(=O)N(Cc4ccccn4)C3)CC2)[nH]1. The molecular weight excluding hydrogens is 352 g/mol. The van der Waals surface area contributed by atoms with Crippen molar-refractivity contribution >= 4 is 11.8 Å². The standard InChI is InChI=1S/C22H28N4O2/c1-2-17-6-7-19(24-17)21(28)25-13-10-22(11-14-25)9-8-20(27)26(16-22)15-18-5-3-4-12-23-18/h3-7,12,24H,2,8-11,13-16H2,1H3. The largest absolute Gasteiger partial charge is 0.354 e. The van der Waals surface area contributed by atoms with E-state index in [4.69, 9.17) is 0 Å². The molecule has 4 rings (SSSR count). The molecule has 0 atom stereocenters. The zero-order valence-corrected chi connectivity index (χ0v) is 16.5. The number of aromatic amines is 1. The van der Waals surface area contributed by atoms with Gasteiger partial charge in [0.25, 0.3) is 5.91 Å². The number of nitrogens with zero attached hydrogens (tertiary/aromatic N) is 3. The van der Waals surface area contributed by atoms with Gasteiger partial charge in [0.1, 0.15) is 5.69 Å². The third-order valence-corrected chi connectivity index (χ3v) is 6.30. The predicted octanol–water partition coefficient (Wildman–Crippen LogP) is 3.02. The van der Waals surface area contributed by atoms with Crippen LogP contribution in [0.1, 0.15) is 54.5 Å². The number of rotatable bonds is 4. The summed E-state index contributed by atoms with van der Waals surface area (Å²) in [5.41, 5.74) is 2.83. The number of pyridine rings is 1. The first-order chi connectivity index (χ1) is 13.6. The van der Waals surface area contributed by atoms with Crippen molar-refractivity contribution in [1.29, 1.82) is 0 Å². The Morgan fingerprint density at radius 1 is 1.18 bits per heavy atom. The Morgan fingerprint density at radius 2 is 2.00 bits per heavy atom. The first kappa shape index (κ1) is 18.7. The molecule has 2 aromatic rings. The fraction of sp³-hybridized carbons (Fsp3) is 0.500. The molecule has 6 nitrogen and oxygen atoms in total. The van der Waals surface area contributed by atoms with E-state index in [2.05, 4.69) is 16.9 Å². The smallest absolute Gasteiger partial charge is 0.270 e. The lowest BCUT2D eigenvalue weighted by atomic mass is 9.72. The van der Waals surface area contributed by atoms with Crippen molar-refractivity contribution < 1.29 is 9.59 Å². The summed E-state index contributed by atoms with van der Waals surface area (Å²) in [6.07, 6.45) is 6.09. The molecular formula is C22H28N4O2. The summed E-state index contributed by atoms with van der Waals surface area (Å²) in [5, 5.41) is 0. The fourth-order valence-electron chi connectivity index (χ4n) is 4.47. The molecule has 2 aromatic heterocycles. The Kier molecular flexibility index (Phi) is 5.20. The van der Waals surface area contributed by atoms with Crippen molar-refractivity contribution in [2.45, 2.75) is 45.6 Å². The van der Waals surface area contributed by atoms with Crippen molar-refractivity contribution in [1.82, 2.24) is 19.8 Å². The highest BCUT2D eigenvalue weighted by atomic mass is 16.2. The average molecular weight is 380 g/mol. The van der Waals surface area contributed by atoms with Crippen LogP contribution in [-0.4, -0.2) is 51.2 Å². The van der Waals surface area contributed by atoms with Gasteiger partial charge in [-0.1, -0.05) is 13.0 Å². The van der Waals surface area contributed by atoms with Crippen LogP contribution in [0.4, 0.5) is 0 Å². The molecule has 0 unspecified atom stereocenters. The molecule has 1 N–H and O–H groups in total. The Balaban J connectivity index is 1.38. The second-order valence-electron chi connectivity index (χ2n) is 8.11. The highest BCUT2D eigenvalue weighted by molar-refractivity contribution is 5.92. The number of H-pyrrole nitrogens is 1. The average Bonchev–Trinajstić information content (AvgIpc) is 3.21. The normalized spacial score (nSPS) is 19.2. The van der Waals surface area contributed by atoms with Crippen LogP contribution < -0.4 is 0 Å². The lowest BCUT2D eigenvalue weighted by molar-refractivity contribution is -0.139. The van der Waals surface area contributed by atoms with Gasteiger partial charge in [-0.3, -0.25) is 14.6 Å². The summed E-state index contributed by atoms with van der Waals surface area (Å²) in [6.45, 7) is 4.93. The number of hydrogen-bond donors (Lipinski definition) is 1. The van der Waals surface area contributed by atoms with Gasteiger partial charge in [0.05, 0.1) is 12.2 Å². The molecule has 148 valence electrons. The minimum Gasteiger partial charge on any atom is -0.354 e. The predicted molar refractivity (Wildman–Crippen MR) is 107 cm³/mol. The number of nitrogens with one attached hydrogen (secondary N) is 1. The van der Waals surface area contributed by atoms with E-state index in [1.54, 1.807) is 6.20 Å². The van der Waals surface area contributed by atoms with Crippen molar-refractivity contribution in [3.8, 4) is 0 Å². The zero-order valence-electron chi connectivity index (χ0n) is 16.5. The Bertz CT molecular complexity index is 837. The number of carbonyl (C=O) groups excluding carboxylic acids is 2. The summed E-state index contributed by atoms with van der Waals surface area (Å²) in [6, 6.07) is 9.70. The number of likely N-dealkylation sites (tertiary alicyclic amines) is 2. The van der Waals surface area contributed by atoms with Crippen LogP contribution in [0.25, 0.3) is 0 Å². The molecule has 0 saturated carbocycles. The second kappa shape index (κ2) is 7.78. The van der Waals surface area contributed by atoms with E-state index in [9.17, 15) is 9.59 Å². The third kappa shape index (κ3) is 3.81. The first-order valence-corrected chi connectivity index (χ1v) is 10.2. The minimum atomic E-state index is 0.0896. The van der Waals surface area contributed by atoms with Gasteiger partial charge in [-0.2, -0.15) is 0 Å². The Morgan fingerprint density at radius 3 is 2.68 bits per heavy atom. The van der Waals surface area contributed by atoms with Gasteiger partial charge in [-0.05, 0) is 55.4 Å². The van der Waals surface area contributed by atoms with Crippen LogP contribution >= 0.6 is 0 Å². The maximum absolute atomic E-state index is 12.8. The van der Waals surface area contributed by atoms with E-state index >= 15 is 0 Å². The zero-order chi connectivity index (χ0) is 19.6. The van der Waals surface area contributed by atoms with Gasteiger partial charge in [0.15, 0.2) is 0 Å². The Labute approximate surface area is 165 Å². The monoisotopic (exact) mass is 380 g/mol. The van der Waals surface area contributed by atoms with E-state index in [-0.39, 0.29) is 17.2 Å². The number of amides is 2. The van der Waals surface area contributed by atoms with Gasteiger partial charge in [-0.25, -0.2) is 0 Å². The van der Waals surface area contributed by atoms with Crippen molar-refractivity contribution in [3.63, 3.8) is 0 Å². The number of carbonyl (C=O) groups is 2. The molecule has 0 bridgehead atoms. The van der Waals surface area contributed by atoms with Gasteiger partial charge in [0.2, 0.25) is 5.91 Å². The van der Waals surface area contributed by atoms with Crippen molar-refractivity contribution in [2.75, 3.05) is 19.6 Å². The highest BCUT2D eigenvalue weighted by Crippen LogP contribution is 2.40. The molecule has 2 aliphatic heterocycles. The van der Waals surface area contributed by atoms with Crippen molar-refractivity contribution in [3.05, 3.63) is 53.6 Å². The fourth-order valence-corrected chi connectivity index (χ4v) is 4.47. The molecule has 1 spiro atoms. The minimum absolute atomic E-state index is 0.0896. The molecule has 28 heavy (non-hydrogen) atoms. The van der Waals surface area contributed by atoms with Gasteiger partial charge >= 0.3 is 0 Å². The van der Waals surface area contributed by atoms with E-state index in [0.29, 0.717) is 18.7 Å². The van der Waals surface area contributed by atoms with E-state index in [0.717, 1.165) is 56.7 Å². The highest BCUT2D eigenvalue weighted by Gasteiger charge is 2.41. The summed E-state index contributed by atoms with van der Waals surface area (Å²) in [5.74, 6) is 0.306. The number of hydrogen-bond acceptors (Lipinski definition) is 3. The van der Waals surface area contributed by atoms with Crippen LogP contribution in [0, 0.1) is 5.41 Å². The van der Waals surface area contributed by atoms with Crippen LogP contribution in [0.5, 0.6) is 0 Å². The summed E-state index contributed by atoms with van der Waals surface area (Å²) >= 11 is 0. The van der Waals surface area contributed by atoms with E-state index < -0.39 is 0 Å². The molecule has 4 heterocycles. The molecule has 0 aromatic carbocycles. The van der Waals surface area contributed by atoms with Crippen LogP contribution in [0.3, 0.4) is 0 Å². The maximum Gasteiger partial charge on any atom is 0.270 e. The molecule has 0 radical (unpaired) electrons. The quantitative estimate of drug-likeness (QED) is 0.886. The molecule has 2 amide bonds. The summed E-state index contributed by atoms with van der Waals surface area (Å²) in [4.78, 5) is 36.7. The maximum atomic E-state index is 12.8. The number of piperidine rings is 2. The van der Waals surface area contributed by atoms with Gasteiger partial charge < -0.3 is 14.8 Å². The lowest BCUT2D eigenvalue weighted by Crippen LogP contribution is -2.52. The molecule has 2 aliphatic rings. The second-order valence-corrected chi connectivity index (χ2v) is 8.11. The number of aromatic nitrogens is 2. The van der Waals surface area contributed by atoms with Crippen LogP contribution in [-0.2, 0) is 17.8 Å². The number of aryl methyl sites for hydroxylation is 1. The summed E-state index contributed by atoms with van der Waals surface area (Å²) in [7, 11) is 0. The van der Waals surface area contributed by atoms with E-state index in [1.165, 1.54) is 0 Å². The third-order valence-electron chi connectivity index (χ3n) is 6.30. The Hall–Kier alpha value is -2.63. The van der Waals surface area contributed by atoms with Crippen molar-refractivity contribution in [2.24, 2.45) is 5.41 Å². The molecule has 2 fully saturated rings. The topological polar surface area (TPSA) is 69.3 Å². The first-order valence-electron chi connectivity index (χ1n) is 10.2. The molecule has 0 aliphatic carbocycles. The molecule has 6 heteroatoms.